The maximum absolute atomic E-state index is 12.5. The molecule has 0 heterocycles. The first-order chi connectivity index (χ1) is 11.0. The normalized spacial score (nSPS) is 20.8. The molecule has 4 nitrogen and oxygen atoms in total. The van der Waals surface area contributed by atoms with Crippen molar-refractivity contribution in [1.82, 2.24) is 0 Å². The number of rotatable bonds is 0. The quantitative estimate of drug-likeness (QED) is 0.750. The van der Waals surface area contributed by atoms with Gasteiger partial charge in [-0.1, -0.05) is 19.1 Å². The van der Waals surface area contributed by atoms with Crippen LogP contribution in [0, 0.1) is 5.92 Å². The molecule has 0 saturated carbocycles. The Labute approximate surface area is 136 Å². The fraction of sp³-hybridized carbons (Fsp3) is 0.474. The van der Waals surface area contributed by atoms with E-state index in [4.69, 9.17) is 0 Å². The summed E-state index contributed by atoms with van der Waals surface area (Å²) >= 11 is 0. The number of benzene rings is 1. The van der Waals surface area contributed by atoms with E-state index in [1.165, 1.54) is 12.1 Å². The molecule has 0 aliphatic heterocycles. The molecule has 0 saturated heterocycles. The lowest BCUT2D eigenvalue weighted by Crippen LogP contribution is -2.09. The van der Waals surface area contributed by atoms with Gasteiger partial charge < -0.3 is 10.2 Å². The summed E-state index contributed by atoms with van der Waals surface area (Å²) in [5, 5.41) is 19.7. The van der Waals surface area contributed by atoms with Crippen LogP contribution in [0.2, 0.25) is 0 Å². The van der Waals surface area contributed by atoms with E-state index in [1.807, 2.05) is 13.0 Å². The van der Waals surface area contributed by atoms with Crippen molar-refractivity contribution in [1.29, 1.82) is 0 Å². The predicted octanol–water partition coefficient (Wildman–Crippen LogP) is 4.24. The van der Waals surface area contributed by atoms with Gasteiger partial charge in [0.2, 0.25) is 0 Å². The minimum absolute atomic E-state index is 0.0666. The molecule has 1 unspecified atom stereocenters. The summed E-state index contributed by atoms with van der Waals surface area (Å²) in [4.78, 5) is 24.3. The van der Waals surface area contributed by atoms with E-state index in [1.54, 1.807) is 6.08 Å². The number of allylic oxidation sites excluding steroid dienone is 1. The number of hydrogen-bond donors (Lipinski definition) is 2. The van der Waals surface area contributed by atoms with Crippen molar-refractivity contribution in [3.63, 3.8) is 0 Å². The van der Waals surface area contributed by atoms with Crippen LogP contribution in [0.3, 0.4) is 0 Å². The van der Waals surface area contributed by atoms with Crippen molar-refractivity contribution >= 4 is 17.6 Å². The standard InChI is InChI=1S/C19H24O4/c1-13-6-5-9-15(20)8-4-2-3-7-14-11-16(21)12-18(23)19(14)17(22)10-13/h3,7,11-13,21,23H,2,4-6,8-10H2,1H3. The van der Waals surface area contributed by atoms with E-state index >= 15 is 0 Å². The summed E-state index contributed by atoms with van der Waals surface area (Å²) in [5.41, 5.74) is 0.808. The lowest BCUT2D eigenvalue weighted by atomic mass is 9.91. The van der Waals surface area contributed by atoms with Gasteiger partial charge in [0.05, 0.1) is 5.56 Å². The number of hydrogen-bond acceptors (Lipinski definition) is 4. The maximum Gasteiger partial charge on any atom is 0.167 e. The molecule has 2 N–H and O–H groups in total. The van der Waals surface area contributed by atoms with Gasteiger partial charge in [-0.3, -0.25) is 9.59 Å². The van der Waals surface area contributed by atoms with E-state index in [-0.39, 0.29) is 34.5 Å². The van der Waals surface area contributed by atoms with Gasteiger partial charge in [0.15, 0.2) is 5.78 Å². The van der Waals surface area contributed by atoms with E-state index in [0.29, 0.717) is 24.8 Å². The fourth-order valence-corrected chi connectivity index (χ4v) is 2.99. The number of carbonyl (C=O) groups excluding carboxylic acids is 2. The number of carbonyl (C=O) groups is 2. The van der Waals surface area contributed by atoms with Crippen molar-refractivity contribution in [3.8, 4) is 11.5 Å². The van der Waals surface area contributed by atoms with E-state index < -0.39 is 0 Å². The Morgan fingerprint density at radius 3 is 2.61 bits per heavy atom. The van der Waals surface area contributed by atoms with Gasteiger partial charge in [-0.05, 0) is 43.2 Å². The van der Waals surface area contributed by atoms with Crippen LogP contribution >= 0.6 is 0 Å². The molecule has 2 rings (SSSR count). The zero-order valence-corrected chi connectivity index (χ0v) is 13.5. The van der Waals surface area contributed by atoms with Gasteiger partial charge >= 0.3 is 0 Å². The third kappa shape index (κ3) is 4.95. The molecule has 1 aromatic rings. The highest BCUT2D eigenvalue weighted by molar-refractivity contribution is 6.02. The Balaban J connectivity index is 2.32. The molecule has 0 spiro atoms. The highest BCUT2D eigenvalue weighted by Crippen LogP contribution is 2.31. The monoisotopic (exact) mass is 316 g/mol. The molecule has 124 valence electrons. The fourth-order valence-electron chi connectivity index (χ4n) is 2.99. The van der Waals surface area contributed by atoms with E-state index in [9.17, 15) is 19.8 Å². The number of phenolic OH excluding ortho intramolecular Hbond substituents is 2. The Morgan fingerprint density at radius 2 is 1.83 bits per heavy atom. The molecular formula is C19H24O4. The van der Waals surface area contributed by atoms with Crippen LogP contribution < -0.4 is 0 Å². The minimum atomic E-state index is -0.177. The molecule has 0 aromatic heterocycles. The Morgan fingerprint density at radius 1 is 1.09 bits per heavy atom. The lowest BCUT2D eigenvalue weighted by Gasteiger charge is -2.14. The molecule has 0 fully saturated rings. The van der Waals surface area contributed by atoms with Crippen LogP contribution in [0.15, 0.2) is 18.2 Å². The Kier molecular flexibility index (Phi) is 5.97. The molecule has 23 heavy (non-hydrogen) atoms. The highest BCUT2D eigenvalue weighted by atomic mass is 16.3. The lowest BCUT2D eigenvalue weighted by molar-refractivity contribution is -0.119. The van der Waals surface area contributed by atoms with Crippen molar-refractivity contribution in [2.24, 2.45) is 5.92 Å². The smallest absolute Gasteiger partial charge is 0.167 e. The summed E-state index contributed by atoms with van der Waals surface area (Å²) in [6.07, 6.45) is 8.24. The van der Waals surface area contributed by atoms with Crippen LogP contribution in [0.5, 0.6) is 11.5 Å². The largest absolute Gasteiger partial charge is 0.508 e. The number of ketones is 2. The second-order valence-corrected chi connectivity index (χ2v) is 6.39. The van der Waals surface area contributed by atoms with Crippen molar-refractivity contribution < 1.29 is 19.8 Å². The average molecular weight is 316 g/mol. The van der Waals surface area contributed by atoms with Gasteiger partial charge in [-0.2, -0.15) is 0 Å². The van der Waals surface area contributed by atoms with E-state index in [2.05, 4.69) is 0 Å². The van der Waals surface area contributed by atoms with Crippen LogP contribution in [0.1, 0.15) is 67.8 Å². The number of phenols is 2. The first kappa shape index (κ1) is 17.3. The third-order valence-corrected chi connectivity index (χ3v) is 4.22. The average Bonchev–Trinajstić information content (AvgIpc) is 2.45. The number of aromatic hydroxyl groups is 2. The van der Waals surface area contributed by atoms with E-state index in [0.717, 1.165) is 25.7 Å². The molecule has 0 amide bonds. The third-order valence-electron chi connectivity index (χ3n) is 4.22. The molecule has 0 radical (unpaired) electrons. The first-order valence-corrected chi connectivity index (χ1v) is 8.24. The minimum Gasteiger partial charge on any atom is -0.508 e. The molecule has 1 aliphatic rings. The molecule has 1 atom stereocenters. The van der Waals surface area contributed by atoms with Crippen LogP contribution in [-0.4, -0.2) is 21.8 Å². The van der Waals surface area contributed by atoms with Crippen molar-refractivity contribution in [2.45, 2.75) is 51.9 Å². The molecule has 1 aliphatic carbocycles. The molecule has 1 aromatic carbocycles. The van der Waals surface area contributed by atoms with Crippen LogP contribution in [0.25, 0.3) is 6.08 Å². The number of fused-ring (bicyclic) bond motifs is 1. The van der Waals surface area contributed by atoms with Gasteiger partial charge in [-0.15, -0.1) is 0 Å². The van der Waals surface area contributed by atoms with Crippen molar-refractivity contribution in [2.75, 3.05) is 0 Å². The van der Waals surface area contributed by atoms with Gasteiger partial charge in [0.1, 0.15) is 17.3 Å². The summed E-state index contributed by atoms with van der Waals surface area (Å²) < 4.78 is 0. The molecular weight excluding hydrogens is 292 g/mol. The summed E-state index contributed by atoms with van der Waals surface area (Å²) in [7, 11) is 0. The van der Waals surface area contributed by atoms with Crippen LogP contribution in [-0.2, 0) is 4.79 Å². The van der Waals surface area contributed by atoms with Crippen LogP contribution in [0.4, 0.5) is 0 Å². The zero-order valence-electron chi connectivity index (χ0n) is 13.5. The topological polar surface area (TPSA) is 74.6 Å². The maximum atomic E-state index is 12.5. The summed E-state index contributed by atoms with van der Waals surface area (Å²) in [5.74, 6) is 0.0677. The van der Waals surface area contributed by atoms with Crippen molar-refractivity contribution in [3.05, 3.63) is 29.3 Å². The highest BCUT2D eigenvalue weighted by Gasteiger charge is 2.19. The molecule has 4 heteroatoms. The summed E-state index contributed by atoms with van der Waals surface area (Å²) in [6.45, 7) is 1.99. The predicted molar refractivity (Wildman–Crippen MR) is 89.6 cm³/mol. The van der Waals surface area contributed by atoms with Gasteiger partial charge in [0, 0.05) is 25.3 Å². The Hall–Kier alpha value is -2.10. The Bertz CT molecular complexity index is 616. The zero-order chi connectivity index (χ0) is 16.8. The second kappa shape index (κ2) is 7.95. The van der Waals surface area contributed by atoms with Gasteiger partial charge in [0.25, 0.3) is 0 Å². The summed E-state index contributed by atoms with van der Waals surface area (Å²) in [6, 6.07) is 2.70. The second-order valence-electron chi connectivity index (χ2n) is 6.39. The SMILES string of the molecule is CC1CCCC(=O)CCCC=Cc2cc(O)cc(O)c2C(=O)C1. The van der Waals surface area contributed by atoms with Gasteiger partial charge in [-0.25, -0.2) is 0 Å². The first-order valence-electron chi connectivity index (χ1n) is 8.24. The molecule has 0 bridgehead atoms. The number of Topliss-reactive ketones (excluding diaryl/α,β-unsaturated/α-hetero) is 2.